The van der Waals surface area contributed by atoms with Crippen molar-refractivity contribution in [3.8, 4) is 0 Å². The zero-order valence-electron chi connectivity index (χ0n) is 9.43. The normalized spacial score (nSPS) is 17.7. The molecule has 1 saturated carbocycles. The summed E-state index contributed by atoms with van der Waals surface area (Å²) in [7, 11) is -3.67. The van der Waals surface area contributed by atoms with Gasteiger partial charge in [0.25, 0.3) is 0 Å². The van der Waals surface area contributed by atoms with Crippen LogP contribution in [0.1, 0.15) is 18.4 Å². The monoisotopic (exact) mass is 254 g/mol. The van der Waals surface area contributed by atoms with Crippen LogP contribution >= 0.6 is 0 Å². The van der Waals surface area contributed by atoms with E-state index >= 15 is 0 Å². The van der Waals surface area contributed by atoms with Gasteiger partial charge in [-0.15, -0.1) is 0 Å². The van der Waals surface area contributed by atoms with Gasteiger partial charge in [-0.25, -0.2) is 8.42 Å². The summed E-state index contributed by atoms with van der Waals surface area (Å²) >= 11 is 0. The molecule has 0 heterocycles. The van der Waals surface area contributed by atoms with Crippen LogP contribution in [0.5, 0.6) is 0 Å². The van der Waals surface area contributed by atoms with Gasteiger partial charge < -0.3 is 5.73 Å². The first kappa shape index (κ1) is 12.1. The Labute approximate surface area is 100 Å². The number of sulfonamides is 1. The second kappa shape index (κ2) is 3.82. The third-order valence-electron chi connectivity index (χ3n) is 2.88. The Balaban J connectivity index is 2.26. The zero-order chi connectivity index (χ0) is 12.7. The standard InChI is InChI=1S/C11H14N2O3S/c1-8-2-4-9(5-3-8)17(15,16)13-11(6-7-11)10(12)14/h2-5,13H,6-7H2,1H3,(H2,12,14). The fourth-order valence-electron chi connectivity index (χ4n) is 1.56. The topological polar surface area (TPSA) is 89.3 Å². The number of amides is 1. The van der Waals surface area contributed by atoms with Crippen LogP contribution in [0.4, 0.5) is 0 Å². The second-order valence-electron chi connectivity index (χ2n) is 4.36. The Morgan fingerprint density at radius 1 is 1.29 bits per heavy atom. The SMILES string of the molecule is Cc1ccc(S(=O)(=O)NC2(C(N)=O)CC2)cc1. The molecule has 17 heavy (non-hydrogen) atoms. The molecule has 0 aliphatic heterocycles. The van der Waals surface area contributed by atoms with Crippen LogP contribution in [-0.2, 0) is 14.8 Å². The van der Waals surface area contributed by atoms with Crippen molar-refractivity contribution in [3.63, 3.8) is 0 Å². The molecule has 1 aliphatic rings. The molecule has 0 bridgehead atoms. The van der Waals surface area contributed by atoms with Crippen LogP contribution in [0.2, 0.25) is 0 Å². The molecule has 6 heteroatoms. The molecule has 0 saturated heterocycles. The molecule has 0 spiro atoms. The van der Waals surface area contributed by atoms with E-state index in [1.807, 2.05) is 6.92 Å². The first-order valence-corrected chi connectivity index (χ1v) is 6.75. The van der Waals surface area contributed by atoms with Gasteiger partial charge in [-0.3, -0.25) is 4.79 Å². The lowest BCUT2D eigenvalue weighted by molar-refractivity contribution is -0.120. The van der Waals surface area contributed by atoms with Crippen LogP contribution < -0.4 is 10.5 Å². The minimum absolute atomic E-state index is 0.149. The minimum Gasteiger partial charge on any atom is -0.368 e. The second-order valence-corrected chi connectivity index (χ2v) is 6.05. The number of hydrogen-bond acceptors (Lipinski definition) is 3. The molecule has 1 aromatic rings. The summed E-state index contributed by atoms with van der Waals surface area (Å²) in [5, 5.41) is 0. The highest BCUT2D eigenvalue weighted by Gasteiger charge is 2.51. The van der Waals surface area contributed by atoms with E-state index in [4.69, 9.17) is 5.73 Å². The van der Waals surface area contributed by atoms with Crippen LogP contribution in [0.15, 0.2) is 29.2 Å². The summed E-state index contributed by atoms with van der Waals surface area (Å²) in [6.45, 7) is 1.87. The average Bonchev–Trinajstić information content (AvgIpc) is 2.99. The molecule has 1 aliphatic carbocycles. The Morgan fingerprint density at radius 2 is 1.82 bits per heavy atom. The molecule has 2 rings (SSSR count). The number of hydrogen-bond donors (Lipinski definition) is 2. The van der Waals surface area contributed by atoms with E-state index in [0.29, 0.717) is 12.8 Å². The van der Waals surface area contributed by atoms with Gasteiger partial charge in [-0.05, 0) is 31.9 Å². The third kappa shape index (κ3) is 2.32. The van der Waals surface area contributed by atoms with E-state index in [0.717, 1.165) is 5.56 Å². The van der Waals surface area contributed by atoms with Gasteiger partial charge in [0, 0.05) is 0 Å². The number of carbonyl (C=O) groups excluding carboxylic acids is 1. The van der Waals surface area contributed by atoms with Gasteiger partial charge in [-0.1, -0.05) is 17.7 Å². The van der Waals surface area contributed by atoms with Crippen molar-refractivity contribution in [2.75, 3.05) is 0 Å². The van der Waals surface area contributed by atoms with E-state index in [2.05, 4.69) is 4.72 Å². The lowest BCUT2D eigenvalue weighted by Crippen LogP contribution is -2.46. The van der Waals surface area contributed by atoms with Crippen molar-refractivity contribution in [2.24, 2.45) is 5.73 Å². The van der Waals surface area contributed by atoms with E-state index in [9.17, 15) is 13.2 Å². The van der Waals surface area contributed by atoms with Gasteiger partial charge >= 0.3 is 0 Å². The molecule has 1 fully saturated rings. The maximum atomic E-state index is 12.0. The number of benzene rings is 1. The van der Waals surface area contributed by atoms with Crippen LogP contribution in [-0.4, -0.2) is 19.9 Å². The summed E-state index contributed by atoms with van der Waals surface area (Å²) in [5.41, 5.74) is 5.08. The Bertz CT molecular complexity index is 545. The fourth-order valence-corrected chi connectivity index (χ4v) is 2.99. The largest absolute Gasteiger partial charge is 0.368 e. The number of carbonyl (C=O) groups is 1. The first-order valence-electron chi connectivity index (χ1n) is 5.26. The number of primary amides is 1. The molecular weight excluding hydrogens is 240 g/mol. The number of nitrogens with one attached hydrogen (secondary N) is 1. The van der Waals surface area contributed by atoms with Gasteiger partial charge in [-0.2, -0.15) is 4.72 Å². The lowest BCUT2D eigenvalue weighted by Gasteiger charge is -2.13. The van der Waals surface area contributed by atoms with Crippen LogP contribution in [0.3, 0.4) is 0 Å². The van der Waals surface area contributed by atoms with Crippen molar-refractivity contribution in [1.82, 2.24) is 4.72 Å². The predicted molar refractivity (Wildman–Crippen MR) is 62.7 cm³/mol. The van der Waals surface area contributed by atoms with E-state index in [-0.39, 0.29) is 4.90 Å². The Morgan fingerprint density at radius 3 is 2.24 bits per heavy atom. The number of rotatable bonds is 4. The average molecular weight is 254 g/mol. The number of aryl methyl sites for hydroxylation is 1. The van der Waals surface area contributed by atoms with Crippen molar-refractivity contribution in [2.45, 2.75) is 30.2 Å². The summed E-state index contributed by atoms with van der Waals surface area (Å²) in [6, 6.07) is 6.43. The summed E-state index contributed by atoms with van der Waals surface area (Å²) in [4.78, 5) is 11.3. The van der Waals surface area contributed by atoms with Gasteiger partial charge in [0.1, 0.15) is 5.54 Å². The van der Waals surface area contributed by atoms with Crippen molar-refractivity contribution >= 4 is 15.9 Å². The zero-order valence-corrected chi connectivity index (χ0v) is 10.3. The molecule has 0 unspecified atom stereocenters. The third-order valence-corrected chi connectivity index (χ3v) is 4.43. The van der Waals surface area contributed by atoms with Crippen LogP contribution in [0, 0.1) is 6.92 Å². The maximum Gasteiger partial charge on any atom is 0.241 e. The molecule has 0 atom stereocenters. The minimum atomic E-state index is -3.67. The van der Waals surface area contributed by atoms with Crippen LogP contribution in [0.25, 0.3) is 0 Å². The predicted octanol–water partition coefficient (Wildman–Crippen LogP) is 0.291. The molecule has 5 nitrogen and oxygen atoms in total. The maximum absolute atomic E-state index is 12.0. The summed E-state index contributed by atoms with van der Waals surface area (Å²) in [6.07, 6.45) is 0.931. The highest BCUT2D eigenvalue weighted by molar-refractivity contribution is 7.89. The highest BCUT2D eigenvalue weighted by atomic mass is 32.2. The Hall–Kier alpha value is -1.40. The van der Waals surface area contributed by atoms with E-state index in [1.165, 1.54) is 12.1 Å². The molecule has 1 amide bonds. The lowest BCUT2D eigenvalue weighted by atomic mass is 10.2. The molecule has 92 valence electrons. The van der Waals surface area contributed by atoms with Crippen molar-refractivity contribution in [3.05, 3.63) is 29.8 Å². The van der Waals surface area contributed by atoms with Gasteiger partial charge in [0.05, 0.1) is 4.90 Å². The first-order chi connectivity index (χ1) is 7.86. The quantitative estimate of drug-likeness (QED) is 0.809. The van der Waals surface area contributed by atoms with Gasteiger partial charge in [0.15, 0.2) is 0 Å². The molecular formula is C11H14N2O3S. The molecule has 1 aromatic carbocycles. The Kier molecular flexibility index (Phi) is 2.71. The highest BCUT2D eigenvalue weighted by Crippen LogP contribution is 2.36. The number of nitrogens with two attached hydrogens (primary N) is 1. The van der Waals surface area contributed by atoms with E-state index in [1.54, 1.807) is 12.1 Å². The van der Waals surface area contributed by atoms with Crippen molar-refractivity contribution in [1.29, 1.82) is 0 Å². The summed E-state index contributed by atoms with van der Waals surface area (Å²) in [5.74, 6) is -0.617. The van der Waals surface area contributed by atoms with Gasteiger partial charge in [0.2, 0.25) is 15.9 Å². The molecule has 0 aromatic heterocycles. The fraction of sp³-hybridized carbons (Fsp3) is 0.364. The smallest absolute Gasteiger partial charge is 0.241 e. The van der Waals surface area contributed by atoms with Crippen molar-refractivity contribution < 1.29 is 13.2 Å². The molecule has 0 radical (unpaired) electrons. The summed E-state index contributed by atoms with van der Waals surface area (Å²) < 4.78 is 26.3. The van der Waals surface area contributed by atoms with E-state index < -0.39 is 21.5 Å². The molecule has 3 N–H and O–H groups in total.